The van der Waals surface area contributed by atoms with Crippen LogP contribution in [0.15, 0.2) is 36.4 Å². The van der Waals surface area contributed by atoms with Crippen LogP contribution in [-0.4, -0.2) is 49.5 Å². The molecule has 6 nitrogen and oxygen atoms in total. The number of carbonyl (C=O) groups is 2. The maximum Gasteiger partial charge on any atom is 0.237 e. The van der Waals surface area contributed by atoms with Gasteiger partial charge in [0.2, 0.25) is 11.8 Å². The van der Waals surface area contributed by atoms with E-state index in [2.05, 4.69) is 17.2 Å². The number of hydrogen-bond acceptors (Lipinski definition) is 4. The third-order valence-corrected chi connectivity index (χ3v) is 3.97. The smallest absolute Gasteiger partial charge is 0.237 e. The molecular formula is C18H25N3O3. The van der Waals surface area contributed by atoms with Crippen LogP contribution in [-0.2, 0) is 16.1 Å². The predicted molar refractivity (Wildman–Crippen MR) is 92.6 cm³/mol. The number of carbonyl (C=O) groups excluding carboxylic acids is 2. The molecule has 1 aromatic rings. The fourth-order valence-electron chi connectivity index (χ4n) is 2.72. The van der Waals surface area contributed by atoms with Gasteiger partial charge in [-0.05, 0) is 13.0 Å². The second-order valence-corrected chi connectivity index (χ2v) is 6.03. The monoisotopic (exact) mass is 331 g/mol. The molecule has 0 radical (unpaired) electrons. The van der Waals surface area contributed by atoms with Crippen molar-refractivity contribution in [3.8, 4) is 5.75 Å². The standard InChI is InChI=1S/C18H25N3O3/c1-13(2)11-20-17(22)10-15-18(23)19-8-9-21(15)12-14-6-4-5-7-16(14)24-3/h4-7,15H,1,8-12H2,2-3H3,(H,19,23)(H,20,22)/t15-/m0/s1. The van der Waals surface area contributed by atoms with E-state index in [0.29, 0.717) is 26.2 Å². The summed E-state index contributed by atoms with van der Waals surface area (Å²) in [7, 11) is 1.63. The average molecular weight is 331 g/mol. The first-order valence-electron chi connectivity index (χ1n) is 8.06. The highest BCUT2D eigenvalue weighted by molar-refractivity contribution is 5.88. The lowest BCUT2D eigenvalue weighted by molar-refractivity contribution is -0.134. The Bertz CT molecular complexity index is 615. The van der Waals surface area contributed by atoms with E-state index >= 15 is 0 Å². The van der Waals surface area contributed by atoms with E-state index in [9.17, 15) is 9.59 Å². The third-order valence-electron chi connectivity index (χ3n) is 3.97. The number of hydrogen-bond donors (Lipinski definition) is 2. The molecule has 0 unspecified atom stereocenters. The van der Waals surface area contributed by atoms with Crippen molar-refractivity contribution in [2.24, 2.45) is 0 Å². The lowest BCUT2D eigenvalue weighted by atomic mass is 10.1. The molecule has 24 heavy (non-hydrogen) atoms. The fraction of sp³-hybridized carbons (Fsp3) is 0.444. The molecule has 2 rings (SSSR count). The van der Waals surface area contributed by atoms with E-state index in [-0.39, 0.29) is 18.2 Å². The highest BCUT2D eigenvalue weighted by atomic mass is 16.5. The maximum atomic E-state index is 12.2. The van der Waals surface area contributed by atoms with Gasteiger partial charge in [-0.2, -0.15) is 0 Å². The minimum absolute atomic E-state index is 0.110. The Hall–Kier alpha value is -2.34. The number of methoxy groups -OCH3 is 1. The molecule has 1 aliphatic heterocycles. The number of amides is 2. The molecule has 1 fully saturated rings. The zero-order chi connectivity index (χ0) is 17.5. The fourth-order valence-corrected chi connectivity index (χ4v) is 2.72. The summed E-state index contributed by atoms with van der Waals surface area (Å²) in [5, 5.41) is 5.62. The molecule has 6 heteroatoms. The molecule has 0 aliphatic carbocycles. The summed E-state index contributed by atoms with van der Waals surface area (Å²) in [6, 6.07) is 7.25. The van der Waals surface area contributed by atoms with Crippen LogP contribution < -0.4 is 15.4 Å². The summed E-state index contributed by atoms with van der Waals surface area (Å²) in [5.74, 6) is 0.528. The first-order chi connectivity index (χ1) is 11.5. The Balaban J connectivity index is 2.06. The van der Waals surface area contributed by atoms with Crippen molar-refractivity contribution in [1.82, 2.24) is 15.5 Å². The Morgan fingerprint density at radius 3 is 2.92 bits per heavy atom. The molecule has 2 amide bonds. The number of piperazine rings is 1. The van der Waals surface area contributed by atoms with Crippen LogP contribution >= 0.6 is 0 Å². The zero-order valence-electron chi connectivity index (χ0n) is 14.3. The topological polar surface area (TPSA) is 70.7 Å². The first kappa shape index (κ1) is 18.0. The van der Waals surface area contributed by atoms with E-state index in [1.54, 1.807) is 7.11 Å². The van der Waals surface area contributed by atoms with Gasteiger partial charge in [-0.15, -0.1) is 0 Å². The summed E-state index contributed by atoms with van der Waals surface area (Å²) in [4.78, 5) is 26.4. The van der Waals surface area contributed by atoms with Crippen molar-refractivity contribution < 1.29 is 14.3 Å². The lowest BCUT2D eigenvalue weighted by Crippen LogP contribution is -2.56. The second kappa shape index (κ2) is 8.49. The molecule has 2 N–H and O–H groups in total. The average Bonchev–Trinajstić information content (AvgIpc) is 2.56. The summed E-state index contributed by atoms with van der Waals surface area (Å²) < 4.78 is 5.38. The van der Waals surface area contributed by atoms with Crippen molar-refractivity contribution in [3.05, 3.63) is 42.0 Å². The second-order valence-electron chi connectivity index (χ2n) is 6.03. The number of nitrogens with zero attached hydrogens (tertiary/aromatic N) is 1. The Labute approximate surface area is 142 Å². The van der Waals surface area contributed by atoms with Gasteiger partial charge in [-0.1, -0.05) is 30.4 Å². The highest BCUT2D eigenvalue weighted by Crippen LogP contribution is 2.21. The molecule has 1 atom stereocenters. The van der Waals surface area contributed by atoms with E-state index in [0.717, 1.165) is 16.9 Å². The molecule has 0 saturated carbocycles. The van der Waals surface area contributed by atoms with Gasteiger partial charge in [-0.25, -0.2) is 0 Å². The van der Waals surface area contributed by atoms with Gasteiger partial charge in [0.05, 0.1) is 19.6 Å². The zero-order valence-corrected chi connectivity index (χ0v) is 14.3. The van der Waals surface area contributed by atoms with Crippen LogP contribution in [0.1, 0.15) is 18.9 Å². The van der Waals surface area contributed by atoms with Gasteiger partial charge in [0.1, 0.15) is 5.75 Å². The van der Waals surface area contributed by atoms with Crippen molar-refractivity contribution in [2.45, 2.75) is 25.9 Å². The van der Waals surface area contributed by atoms with E-state index < -0.39 is 6.04 Å². The molecular weight excluding hydrogens is 306 g/mol. The number of para-hydroxylation sites is 1. The quantitative estimate of drug-likeness (QED) is 0.734. The minimum Gasteiger partial charge on any atom is -0.496 e. The van der Waals surface area contributed by atoms with Gasteiger partial charge in [0, 0.05) is 31.7 Å². The predicted octanol–water partition coefficient (Wildman–Crippen LogP) is 1.08. The molecule has 0 bridgehead atoms. The number of benzene rings is 1. The van der Waals surface area contributed by atoms with Gasteiger partial charge >= 0.3 is 0 Å². The SMILES string of the molecule is C=C(C)CNC(=O)C[C@H]1C(=O)NCCN1Cc1ccccc1OC. The van der Waals surface area contributed by atoms with Crippen LogP contribution in [0.3, 0.4) is 0 Å². The number of ether oxygens (including phenoxy) is 1. The summed E-state index contributed by atoms with van der Waals surface area (Å²) in [6.07, 6.45) is 0.133. The van der Waals surface area contributed by atoms with E-state index in [4.69, 9.17) is 4.74 Å². The molecule has 1 saturated heterocycles. The van der Waals surface area contributed by atoms with Crippen LogP contribution in [0, 0.1) is 0 Å². The summed E-state index contributed by atoms with van der Waals surface area (Å²) in [6.45, 7) is 7.88. The van der Waals surface area contributed by atoms with Crippen molar-refractivity contribution in [2.75, 3.05) is 26.7 Å². The normalized spacial score (nSPS) is 17.9. The number of rotatable bonds is 7. The highest BCUT2D eigenvalue weighted by Gasteiger charge is 2.31. The Morgan fingerprint density at radius 2 is 2.21 bits per heavy atom. The Kier molecular flexibility index (Phi) is 6.37. The molecule has 1 aromatic carbocycles. The lowest BCUT2D eigenvalue weighted by Gasteiger charge is -2.35. The van der Waals surface area contributed by atoms with Crippen LogP contribution in [0.2, 0.25) is 0 Å². The molecule has 0 aromatic heterocycles. The van der Waals surface area contributed by atoms with Crippen molar-refractivity contribution in [3.63, 3.8) is 0 Å². The van der Waals surface area contributed by atoms with Gasteiger partial charge < -0.3 is 15.4 Å². The molecule has 0 spiro atoms. The molecule has 130 valence electrons. The number of nitrogens with one attached hydrogen (secondary N) is 2. The maximum absolute atomic E-state index is 12.2. The minimum atomic E-state index is -0.478. The van der Waals surface area contributed by atoms with Crippen LogP contribution in [0.4, 0.5) is 0 Å². The van der Waals surface area contributed by atoms with Gasteiger partial charge in [-0.3, -0.25) is 14.5 Å². The Morgan fingerprint density at radius 1 is 1.46 bits per heavy atom. The third kappa shape index (κ3) is 4.83. The van der Waals surface area contributed by atoms with E-state index in [1.807, 2.05) is 36.1 Å². The molecule has 1 heterocycles. The van der Waals surface area contributed by atoms with Gasteiger partial charge in [0.15, 0.2) is 0 Å². The summed E-state index contributed by atoms with van der Waals surface area (Å²) >= 11 is 0. The van der Waals surface area contributed by atoms with Crippen molar-refractivity contribution >= 4 is 11.8 Å². The van der Waals surface area contributed by atoms with Crippen LogP contribution in [0.5, 0.6) is 5.75 Å². The summed E-state index contributed by atoms with van der Waals surface area (Å²) in [5.41, 5.74) is 1.88. The molecule has 1 aliphatic rings. The van der Waals surface area contributed by atoms with Crippen molar-refractivity contribution in [1.29, 1.82) is 0 Å². The first-order valence-corrected chi connectivity index (χ1v) is 8.06. The van der Waals surface area contributed by atoms with Gasteiger partial charge in [0.25, 0.3) is 0 Å². The van der Waals surface area contributed by atoms with E-state index in [1.165, 1.54) is 0 Å². The van der Waals surface area contributed by atoms with Crippen LogP contribution in [0.25, 0.3) is 0 Å². The largest absolute Gasteiger partial charge is 0.496 e.